The van der Waals surface area contributed by atoms with Crippen LogP contribution in [0, 0.1) is 0 Å². The molecule has 1 heterocycles. The van der Waals surface area contributed by atoms with Gasteiger partial charge in [0.25, 0.3) is 10.0 Å². The SMILES string of the molecule is O=C([O-])COc1ccc(S(=O)(=O)N2CCc3ccccc32)cc1. The van der Waals surface area contributed by atoms with E-state index in [0.29, 0.717) is 18.7 Å². The summed E-state index contributed by atoms with van der Waals surface area (Å²) in [7, 11) is -3.65. The van der Waals surface area contributed by atoms with Crippen LogP contribution in [-0.2, 0) is 21.2 Å². The van der Waals surface area contributed by atoms with E-state index in [1.807, 2.05) is 18.2 Å². The van der Waals surface area contributed by atoms with E-state index in [9.17, 15) is 18.3 Å². The summed E-state index contributed by atoms with van der Waals surface area (Å²) in [5.41, 5.74) is 1.70. The zero-order chi connectivity index (χ0) is 16.4. The smallest absolute Gasteiger partial charge is 0.264 e. The van der Waals surface area contributed by atoms with Crippen molar-refractivity contribution in [3.05, 3.63) is 54.1 Å². The van der Waals surface area contributed by atoms with Crippen molar-refractivity contribution in [3.63, 3.8) is 0 Å². The first-order chi connectivity index (χ1) is 11.0. The molecule has 0 aliphatic carbocycles. The number of aliphatic carboxylic acids is 1. The summed E-state index contributed by atoms with van der Waals surface area (Å²) in [6.45, 7) is -0.170. The Morgan fingerprint density at radius 2 is 1.83 bits per heavy atom. The van der Waals surface area contributed by atoms with Crippen LogP contribution in [0.5, 0.6) is 5.75 Å². The zero-order valence-corrected chi connectivity index (χ0v) is 13.0. The number of fused-ring (bicyclic) bond motifs is 1. The average Bonchev–Trinajstić information content (AvgIpc) is 2.98. The summed E-state index contributed by atoms with van der Waals surface area (Å²) in [5, 5.41) is 10.4. The van der Waals surface area contributed by atoms with Crippen LogP contribution < -0.4 is 14.1 Å². The fourth-order valence-electron chi connectivity index (χ4n) is 2.53. The minimum atomic E-state index is -3.65. The molecule has 0 spiro atoms. The van der Waals surface area contributed by atoms with Gasteiger partial charge in [-0.05, 0) is 42.3 Å². The van der Waals surface area contributed by atoms with E-state index in [4.69, 9.17) is 4.74 Å². The van der Waals surface area contributed by atoms with Crippen LogP contribution >= 0.6 is 0 Å². The number of para-hydroxylation sites is 1. The number of carboxylic acids is 1. The predicted molar refractivity (Wildman–Crippen MR) is 81.6 cm³/mol. The van der Waals surface area contributed by atoms with Crippen LogP contribution in [0.3, 0.4) is 0 Å². The van der Waals surface area contributed by atoms with E-state index in [-0.39, 0.29) is 10.6 Å². The van der Waals surface area contributed by atoms with E-state index >= 15 is 0 Å². The summed E-state index contributed by atoms with van der Waals surface area (Å²) in [6.07, 6.45) is 0.683. The largest absolute Gasteiger partial charge is 0.546 e. The van der Waals surface area contributed by atoms with Gasteiger partial charge in [0.15, 0.2) is 0 Å². The van der Waals surface area contributed by atoms with Crippen molar-refractivity contribution in [3.8, 4) is 5.75 Å². The maximum absolute atomic E-state index is 12.8. The molecule has 7 heteroatoms. The van der Waals surface area contributed by atoms with E-state index in [1.54, 1.807) is 6.07 Å². The van der Waals surface area contributed by atoms with Gasteiger partial charge in [-0.3, -0.25) is 4.31 Å². The molecule has 0 atom stereocenters. The summed E-state index contributed by atoms with van der Waals surface area (Å²) < 4.78 is 31.8. The molecule has 2 aromatic rings. The van der Waals surface area contributed by atoms with E-state index in [1.165, 1.54) is 28.6 Å². The normalized spacial score (nSPS) is 13.7. The summed E-state index contributed by atoms with van der Waals surface area (Å²) in [4.78, 5) is 10.5. The molecule has 0 amide bonds. The van der Waals surface area contributed by atoms with Crippen molar-refractivity contribution in [2.24, 2.45) is 0 Å². The zero-order valence-electron chi connectivity index (χ0n) is 12.1. The van der Waals surface area contributed by atoms with Crippen LogP contribution in [0.25, 0.3) is 0 Å². The molecule has 1 aliphatic heterocycles. The van der Waals surface area contributed by atoms with Crippen LogP contribution in [0.15, 0.2) is 53.4 Å². The van der Waals surface area contributed by atoms with Gasteiger partial charge >= 0.3 is 0 Å². The van der Waals surface area contributed by atoms with Gasteiger partial charge in [-0.25, -0.2) is 8.42 Å². The Balaban J connectivity index is 1.85. The summed E-state index contributed by atoms with van der Waals surface area (Å²) >= 11 is 0. The Labute approximate surface area is 134 Å². The van der Waals surface area contributed by atoms with E-state index in [2.05, 4.69) is 0 Å². The second kappa shape index (κ2) is 5.92. The molecule has 1 aliphatic rings. The van der Waals surface area contributed by atoms with Crippen molar-refractivity contribution in [1.29, 1.82) is 0 Å². The molecule has 0 bridgehead atoms. The number of sulfonamides is 1. The Bertz CT molecular complexity index is 830. The summed E-state index contributed by atoms with van der Waals surface area (Å²) in [5.74, 6) is -1.06. The molecule has 0 unspecified atom stereocenters. The highest BCUT2D eigenvalue weighted by Gasteiger charge is 2.30. The highest BCUT2D eigenvalue weighted by atomic mass is 32.2. The molecule has 0 N–H and O–H groups in total. The molecule has 6 nitrogen and oxygen atoms in total. The molecule has 3 rings (SSSR count). The highest BCUT2D eigenvalue weighted by molar-refractivity contribution is 7.92. The number of hydrogen-bond acceptors (Lipinski definition) is 5. The number of benzene rings is 2. The first-order valence-electron chi connectivity index (χ1n) is 7.02. The summed E-state index contributed by atoms with van der Waals surface area (Å²) in [6, 6.07) is 13.1. The van der Waals surface area contributed by atoms with Gasteiger partial charge in [0.05, 0.1) is 16.6 Å². The number of anilines is 1. The first-order valence-corrected chi connectivity index (χ1v) is 8.46. The number of carbonyl (C=O) groups excluding carboxylic acids is 1. The quantitative estimate of drug-likeness (QED) is 0.799. The molecular formula is C16H14NO5S-. The van der Waals surface area contributed by atoms with Crippen LogP contribution in [0.4, 0.5) is 5.69 Å². The van der Waals surface area contributed by atoms with Crippen molar-refractivity contribution >= 4 is 21.7 Å². The standard InChI is InChI=1S/C16H15NO5S/c18-16(19)11-22-13-5-7-14(8-6-13)23(20,21)17-10-9-12-3-1-2-4-15(12)17/h1-8H,9-11H2,(H,18,19)/p-1. The number of nitrogens with zero attached hydrogens (tertiary/aromatic N) is 1. The maximum Gasteiger partial charge on any atom is 0.264 e. The van der Waals surface area contributed by atoms with Gasteiger partial charge in [-0.1, -0.05) is 18.2 Å². The van der Waals surface area contributed by atoms with Crippen LogP contribution in [0.2, 0.25) is 0 Å². The average molecular weight is 332 g/mol. The Kier molecular flexibility index (Phi) is 3.96. The fourth-order valence-corrected chi connectivity index (χ4v) is 4.04. The fraction of sp³-hybridized carbons (Fsp3) is 0.188. The van der Waals surface area contributed by atoms with Crippen LogP contribution in [0.1, 0.15) is 5.56 Å². The molecule has 0 fully saturated rings. The Morgan fingerprint density at radius 3 is 2.52 bits per heavy atom. The number of carboxylic acid groups (broad SMARTS) is 1. The lowest BCUT2D eigenvalue weighted by Crippen LogP contribution is -2.29. The first kappa shape index (κ1) is 15.4. The van der Waals surface area contributed by atoms with Gasteiger partial charge in [-0.2, -0.15) is 0 Å². The molecular weight excluding hydrogens is 318 g/mol. The minimum absolute atomic E-state index is 0.134. The molecule has 2 aromatic carbocycles. The number of rotatable bonds is 5. The molecule has 0 saturated carbocycles. The monoisotopic (exact) mass is 332 g/mol. The minimum Gasteiger partial charge on any atom is -0.546 e. The molecule has 120 valence electrons. The third kappa shape index (κ3) is 3.00. The third-order valence-electron chi connectivity index (χ3n) is 3.61. The molecule has 0 radical (unpaired) electrons. The highest BCUT2D eigenvalue weighted by Crippen LogP contribution is 2.32. The number of ether oxygens (including phenoxy) is 1. The van der Waals surface area contributed by atoms with Crippen molar-refractivity contribution in [2.75, 3.05) is 17.5 Å². The number of hydrogen-bond donors (Lipinski definition) is 0. The number of carbonyl (C=O) groups is 1. The van der Waals surface area contributed by atoms with Crippen LogP contribution in [-0.4, -0.2) is 27.5 Å². The molecule has 0 saturated heterocycles. The lowest BCUT2D eigenvalue weighted by molar-refractivity contribution is -0.307. The Hall–Kier alpha value is -2.54. The predicted octanol–water partition coefficient (Wildman–Crippen LogP) is 0.567. The van der Waals surface area contributed by atoms with Gasteiger partial charge < -0.3 is 14.6 Å². The van der Waals surface area contributed by atoms with Gasteiger partial charge in [-0.15, -0.1) is 0 Å². The van der Waals surface area contributed by atoms with Crippen molar-refractivity contribution in [2.45, 2.75) is 11.3 Å². The molecule has 0 aromatic heterocycles. The topological polar surface area (TPSA) is 86.7 Å². The van der Waals surface area contributed by atoms with Crippen molar-refractivity contribution in [1.82, 2.24) is 0 Å². The van der Waals surface area contributed by atoms with E-state index in [0.717, 1.165) is 5.56 Å². The van der Waals surface area contributed by atoms with Gasteiger partial charge in [0.1, 0.15) is 12.4 Å². The van der Waals surface area contributed by atoms with Crippen molar-refractivity contribution < 1.29 is 23.1 Å². The Morgan fingerprint density at radius 1 is 1.13 bits per heavy atom. The van der Waals surface area contributed by atoms with E-state index < -0.39 is 22.6 Å². The lowest BCUT2D eigenvalue weighted by atomic mass is 10.2. The second-order valence-electron chi connectivity index (χ2n) is 5.09. The maximum atomic E-state index is 12.8. The molecule has 23 heavy (non-hydrogen) atoms. The second-order valence-corrected chi connectivity index (χ2v) is 6.95. The van der Waals surface area contributed by atoms with Gasteiger partial charge in [0, 0.05) is 6.54 Å². The van der Waals surface area contributed by atoms with Gasteiger partial charge in [0.2, 0.25) is 0 Å². The lowest BCUT2D eigenvalue weighted by Gasteiger charge is -2.19. The third-order valence-corrected chi connectivity index (χ3v) is 5.44.